The maximum absolute atomic E-state index is 13.8. The van der Waals surface area contributed by atoms with Crippen molar-refractivity contribution in [2.24, 2.45) is 0 Å². The first kappa shape index (κ1) is 13.1. The number of halogens is 3. The van der Waals surface area contributed by atoms with E-state index in [9.17, 15) is 4.39 Å². The first-order valence-corrected chi connectivity index (χ1v) is 7.79. The third kappa shape index (κ3) is 2.20. The third-order valence-corrected chi connectivity index (χ3v) is 4.32. The SMILES string of the molecule is CC(Cl)c1nc2cc(Br)c(F)cc2n1-c1ccsc1. The van der Waals surface area contributed by atoms with Crippen molar-refractivity contribution in [1.29, 1.82) is 0 Å². The standard InChI is InChI=1S/C13H9BrClFN2S/c1-7(15)13-17-11-4-9(14)10(16)5-12(11)18(13)8-2-3-19-6-8/h2-7H,1H3. The second kappa shape index (κ2) is 4.89. The molecule has 0 saturated carbocycles. The minimum atomic E-state index is -0.308. The summed E-state index contributed by atoms with van der Waals surface area (Å²) in [6.07, 6.45) is 0. The summed E-state index contributed by atoms with van der Waals surface area (Å²) in [5.74, 6) is 0.408. The maximum Gasteiger partial charge on any atom is 0.139 e. The van der Waals surface area contributed by atoms with E-state index in [4.69, 9.17) is 11.6 Å². The number of fused-ring (bicyclic) bond motifs is 1. The molecule has 0 aliphatic rings. The number of alkyl halides is 1. The fraction of sp³-hybridized carbons (Fsp3) is 0.154. The van der Waals surface area contributed by atoms with Gasteiger partial charge in [0, 0.05) is 11.4 Å². The van der Waals surface area contributed by atoms with Gasteiger partial charge in [-0.1, -0.05) is 0 Å². The predicted octanol–water partition coefficient (Wildman–Crippen LogP) is 5.29. The molecule has 1 atom stereocenters. The fourth-order valence-corrected chi connectivity index (χ4v) is 3.11. The molecule has 6 heteroatoms. The summed E-state index contributed by atoms with van der Waals surface area (Å²) in [7, 11) is 0. The van der Waals surface area contributed by atoms with Crippen LogP contribution in [0.25, 0.3) is 16.7 Å². The van der Waals surface area contributed by atoms with Crippen molar-refractivity contribution in [2.75, 3.05) is 0 Å². The highest BCUT2D eigenvalue weighted by atomic mass is 79.9. The Labute approximate surface area is 127 Å². The zero-order valence-electron chi connectivity index (χ0n) is 9.90. The van der Waals surface area contributed by atoms with E-state index < -0.39 is 0 Å². The lowest BCUT2D eigenvalue weighted by molar-refractivity contribution is 0.622. The van der Waals surface area contributed by atoms with E-state index in [1.165, 1.54) is 6.07 Å². The molecule has 0 aliphatic carbocycles. The third-order valence-electron chi connectivity index (χ3n) is 2.84. The van der Waals surface area contributed by atoms with Crippen molar-refractivity contribution in [1.82, 2.24) is 9.55 Å². The lowest BCUT2D eigenvalue weighted by Crippen LogP contribution is -2.00. The molecule has 19 heavy (non-hydrogen) atoms. The summed E-state index contributed by atoms with van der Waals surface area (Å²) in [6.45, 7) is 1.86. The molecule has 98 valence electrons. The largest absolute Gasteiger partial charge is 0.294 e. The van der Waals surface area contributed by atoms with Crippen LogP contribution < -0.4 is 0 Å². The Morgan fingerprint density at radius 3 is 2.89 bits per heavy atom. The molecular weight excluding hydrogens is 351 g/mol. The van der Waals surface area contributed by atoms with E-state index in [1.807, 2.05) is 28.3 Å². The Bertz CT molecular complexity index is 737. The molecule has 0 radical (unpaired) electrons. The van der Waals surface area contributed by atoms with Crippen LogP contribution in [0.3, 0.4) is 0 Å². The number of nitrogens with zero attached hydrogens (tertiary/aromatic N) is 2. The van der Waals surface area contributed by atoms with Crippen molar-refractivity contribution in [3.05, 3.63) is 45.1 Å². The summed E-state index contributed by atoms with van der Waals surface area (Å²) in [4.78, 5) is 4.51. The molecule has 0 amide bonds. The Morgan fingerprint density at radius 2 is 2.26 bits per heavy atom. The molecule has 2 aromatic heterocycles. The summed E-state index contributed by atoms with van der Waals surface area (Å²) in [5, 5.41) is 3.71. The first-order chi connectivity index (χ1) is 9.08. The molecule has 2 nitrogen and oxygen atoms in total. The average molecular weight is 360 g/mol. The molecule has 2 heterocycles. The number of imidazole rings is 1. The van der Waals surface area contributed by atoms with Crippen LogP contribution >= 0.6 is 38.9 Å². The predicted molar refractivity (Wildman–Crippen MR) is 80.9 cm³/mol. The van der Waals surface area contributed by atoms with Crippen LogP contribution in [-0.4, -0.2) is 9.55 Å². The van der Waals surface area contributed by atoms with Crippen molar-refractivity contribution in [2.45, 2.75) is 12.3 Å². The Hall–Kier alpha value is -0.910. The monoisotopic (exact) mass is 358 g/mol. The maximum atomic E-state index is 13.8. The van der Waals surface area contributed by atoms with Crippen LogP contribution in [0.4, 0.5) is 4.39 Å². The molecule has 3 rings (SSSR count). The summed E-state index contributed by atoms with van der Waals surface area (Å²) in [6, 6.07) is 5.12. The van der Waals surface area contributed by atoms with Crippen molar-refractivity contribution in [3.63, 3.8) is 0 Å². The van der Waals surface area contributed by atoms with Gasteiger partial charge in [0.2, 0.25) is 0 Å². The van der Waals surface area contributed by atoms with Crippen LogP contribution in [0.5, 0.6) is 0 Å². The van der Waals surface area contributed by atoms with Crippen LogP contribution in [0.1, 0.15) is 18.1 Å². The molecule has 1 unspecified atom stereocenters. The molecule has 1 aromatic carbocycles. The van der Waals surface area contributed by atoms with E-state index >= 15 is 0 Å². The fourth-order valence-electron chi connectivity index (χ4n) is 2.01. The smallest absolute Gasteiger partial charge is 0.139 e. The summed E-state index contributed by atoms with van der Waals surface area (Å²) < 4.78 is 16.1. The van der Waals surface area contributed by atoms with Gasteiger partial charge in [-0.25, -0.2) is 9.37 Å². The molecule has 3 aromatic rings. The van der Waals surface area contributed by atoms with E-state index in [1.54, 1.807) is 17.4 Å². The van der Waals surface area contributed by atoms with Gasteiger partial charge in [0.05, 0.1) is 26.6 Å². The highest BCUT2D eigenvalue weighted by Crippen LogP contribution is 2.31. The highest BCUT2D eigenvalue weighted by molar-refractivity contribution is 9.10. The lowest BCUT2D eigenvalue weighted by atomic mass is 10.3. The molecule has 0 N–H and O–H groups in total. The lowest BCUT2D eigenvalue weighted by Gasteiger charge is -2.08. The van der Waals surface area contributed by atoms with Crippen LogP contribution in [0, 0.1) is 5.82 Å². The van der Waals surface area contributed by atoms with Gasteiger partial charge >= 0.3 is 0 Å². The average Bonchev–Trinajstić information content (AvgIpc) is 2.96. The van der Waals surface area contributed by atoms with Gasteiger partial charge in [0.25, 0.3) is 0 Å². The van der Waals surface area contributed by atoms with Gasteiger partial charge in [-0.3, -0.25) is 4.57 Å². The van der Waals surface area contributed by atoms with E-state index in [0.717, 1.165) is 16.7 Å². The number of thiophene rings is 1. The van der Waals surface area contributed by atoms with Crippen LogP contribution in [-0.2, 0) is 0 Å². The van der Waals surface area contributed by atoms with E-state index in [-0.39, 0.29) is 11.2 Å². The number of aromatic nitrogens is 2. The van der Waals surface area contributed by atoms with Crippen molar-refractivity contribution in [3.8, 4) is 5.69 Å². The second-order valence-corrected chi connectivity index (χ2v) is 6.45. The minimum absolute atomic E-state index is 0.255. The van der Waals surface area contributed by atoms with Crippen molar-refractivity contribution >= 4 is 49.9 Å². The number of hydrogen-bond donors (Lipinski definition) is 0. The minimum Gasteiger partial charge on any atom is -0.294 e. The van der Waals surface area contributed by atoms with Gasteiger partial charge in [0.15, 0.2) is 0 Å². The zero-order valence-corrected chi connectivity index (χ0v) is 13.1. The number of rotatable bonds is 2. The number of benzene rings is 1. The molecular formula is C13H9BrClFN2S. The van der Waals surface area contributed by atoms with Gasteiger partial charge in [-0.05, 0) is 40.4 Å². The van der Waals surface area contributed by atoms with Crippen LogP contribution in [0.15, 0.2) is 33.4 Å². The van der Waals surface area contributed by atoms with Gasteiger partial charge < -0.3 is 0 Å². The first-order valence-electron chi connectivity index (χ1n) is 5.62. The quantitative estimate of drug-likeness (QED) is 0.569. The Balaban J connectivity index is 2.39. The van der Waals surface area contributed by atoms with E-state index in [2.05, 4.69) is 20.9 Å². The molecule has 0 spiro atoms. The number of hydrogen-bond acceptors (Lipinski definition) is 2. The van der Waals surface area contributed by atoms with Gasteiger partial charge in [-0.15, -0.1) is 11.6 Å². The topological polar surface area (TPSA) is 17.8 Å². The zero-order chi connectivity index (χ0) is 13.6. The summed E-state index contributed by atoms with van der Waals surface area (Å²) >= 11 is 11.0. The van der Waals surface area contributed by atoms with Gasteiger partial charge in [0.1, 0.15) is 11.6 Å². The van der Waals surface area contributed by atoms with Crippen LogP contribution in [0.2, 0.25) is 0 Å². The summed E-state index contributed by atoms with van der Waals surface area (Å²) in [5.41, 5.74) is 2.40. The molecule has 0 aliphatic heterocycles. The van der Waals surface area contributed by atoms with Crippen molar-refractivity contribution < 1.29 is 4.39 Å². The Morgan fingerprint density at radius 1 is 1.47 bits per heavy atom. The Kier molecular flexibility index (Phi) is 3.37. The normalized spacial score (nSPS) is 13.1. The second-order valence-electron chi connectivity index (χ2n) is 4.16. The molecule has 0 fully saturated rings. The molecule has 0 saturated heterocycles. The highest BCUT2D eigenvalue weighted by Gasteiger charge is 2.18. The molecule has 0 bridgehead atoms. The van der Waals surface area contributed by atoms with E-state index in [0.29, 0.717) is 10.3 Å². The van der Waals surface area contributed by atoms with Gasteiger partial charge in [-0.2, -0.15) is 11.3 Å².